The fourth-order valence-corrected chi connectivity index (χ4v) is 4.48. The summed E-state index contributed by atoms with van der Waals surface area (Å²) in [6, 6.07) is 12.4. The number of aryl methyl sites for hydroxylation is 1. The second-order valence-electron chi connectivity index (χ2n) is 7.30. The normalized spacial score (nSPS) is 11.4. The number of aliphatic carboxylic acids is 1. The third-order valence-corrected chi connectivity index (χ3v) is 6.32. The number of nitrogens with one attached hydrogen (secondary N) is 2. The fraction of sp³-hybridized carbons (Fsp3) is 0.125. The van der Waals surface area contributed by atoms with Crippen LogP contribution in [0.4, 0.5) is 0 Å². The minimum atomic E-state index is -1.72. The van der Waals surface area contributed by atoms with E-state index in [9.17, 15) is 29.1 Å². The molecule has 0 radical (unpaired) electrons. The van der Waals surface area contributed by atoms with Gasteiger partial charge in [0.15, 0.2) is 5.78 Å². The van der Waals surface area contributed by atoms with E-state index >= 15 is 0 Å². The quantitative estimate of drug-likeness (QED) is 0.203. The highest BCUT2D eigenvalue weighted by molar-refractivity contribution is 7.12. The van der Waals surface area contributed by atoms with Gasteiger partial charge in [0, 0.05) is 17.5 Å². The van der Waals surface area contributed by atoms with E-state index in [0.29, 0.717) is 23.0 Å². The Labute approximate surface area is 213 Å². The number of rotatable bonds is 10. The van der Waals surface area contributed by atoms with Gasteiger partial charge in [0.2, 0.25) is 6.17 Å². The first kappa shape index (κ1) is 26.1. The van der Waals surface area contributed by atoms with Gasteiger partial charge in [0.25, 0.3) is 11.8 Å². The zero-order chi connectivity index (χ0) is 25.5. The molecule has 2 amide bonds. The van der Waals surface area contributed by atoms with Gasteiger partial charge in [0.05, 0.1) is 20.5 Å². The Morgan fingerprint density at radius 3 is 2.26 bits per heavy atom. The number of hydrogen-bond acceptors (Lipinski definition) is 6. The van der Waals surface area contributed by atoms with Crippen LogP contribution in [0, 0.1) is 0 Å². The lowest BCUT2D eigenvalue weighted by Crippen LogP contribution is -2.52. The zero-order valence-electron chi connectivity index (χ0n) is 17.9. The summed E-state index contributed by atoms with van der Waals surface area (Å²) in [5, 5.41) is 15.4. The molecule has 8 nitrogen and oxygen atoms in total. The van der Waals surface area contributed by atoms with Crippen LogP contribution in [0.1, 0.15) is 52.7 Å². The van der Waals surface area contributed by atoms with Crippen molar-refractivity contribution < 1.29 is 29.1 Å². The van der Waals surface area contributed by atoms with Gasteiger partial charge in [-0.2, -0.15) is 0 Å². The molecule has 1 atom stereocenters. The Morgan fingerprint density at radius 1 is 0.971 bits per heavy atom. The molecule has 0 bridgehead atoms. The third kappa shape index (κ3) is 6.75. The molecule has 0 aliphatic rings. The van der Waals surface area contributed by atoms with Gasteiger partial charge >= 0.3 is 5.97 Å². The highest BCUT2D eigenvalue weighted by atomic mass is 35.5. The maximum Gasteiger partial charge on any atom is 0.347 e. The van der Waals surface area contributed by atoms with Crippen LogP contribution >= 0.6 is 34.5 Å². The Bertz CT molecular complexity index is 1270. The van der Waals surface area contributed by atoms with Gasteiger partial charge in [-0.25, -0.2) is 4.79 Å². The maximum absolute atomic E-state index is 12.7. The molecule has 3 aromatic rings. The molecule has 0 aliphatic carbocycles. The first-order chi connectivity index (χ1) is 16.7. The standard InChI is InChI=1S/C24H18Cl2N2O6S/c25-16-10-13(6-7-18(30)15-4-1-3-14(9-15)12-29)11-17(26)20(16)23(32)28-21(24(33)34)27-22(31)19-5-2-8-35-19/h1-5,8-12,21H,6-7H2,(H,27,31)(H,28,32)(H,33,34)/t21-/m1/s1. The lowest BCUT2D eigenvalue weighted by molar-refractivity contribution is -0.139. The number of halogens is 2. The molecule has 0 saturated heterocycles. The molecule has 3 rings (SSSR count). The number of thiophene rings is 1. The van der Waals surface area contributed by atoms with E-state index in [4.69, 9.17) is 23.2 Å². The van der Waals surface area contributed by atoms with Gasteiger partial charge < -0.3 is 15.7 Å². The van der Waals surface area contributed by atoms with E-state index in [2.05, 4.69) is 10.6 Å². The average molecular weight is 533 g/mol. The molecule has 0 saturated carbocycles. The summed E-state index contributed by atoms with van der Waals surface area (Å²) in [6.45, 7) is 0. The molecule has 0 spiro atoms. The van der Waals surface area contributed by atoms with E-state index in [-0.39, 0.29) is 39.1 Å². The summed E-state index contributed by atoms with van der Waals surface area (Å²) >= 11 is 13.6. The van der Waals surface area contributed by atoms with Crippen LogP contribution in [0.2, 0.25) is 10.0 Å². The Balaban J connectivity index is 1.69. The van der Waals surface area contributed by atoms with Crippen molar-refractivity contribution in [2.75, 3.05) is 0 Å². The molecule has 3 N–H and O–H groups in total. The van der Waals surface area contributed by atoms with Gasteiger partial charge in [-0.05, 0) is 41.6 Å². The van der Waals surface area contributed by atoms with E-state index in [0.717, 1.165) is 11.3 Å². The molecule has 1 aromatic heterocycles. The summed E-state index contributed by atoms with van der Waals surface area (Å²) in [5.74, 6) is -3.23. The second kappa shape index (κ2) is 11.7. The molecule has 180 valence electrons. The fourth-order valence-electron chi connectivity index (χ4n) is 3.15. The molecule has 0 fully saturated rings. The summed E-state index contributed by atoms with van der Waals surface area (Å²) in [6.07, 6.45) is -0.692. The molecule has 1 heterocycles. The van der Waals surface area contributed by atoms with E-state index in [1.165, 1.54) is 24.3 Å². The summed E-state index contributed by atoms with van der Waals surface area (Å²) in [4.78, 5) is 60.1. The third-order valence-electron chi connectivity index (χ3n) is 4.86. The van der Waals surface area contributed by atoms with Crippen LogP contribution in [0.15, 0.2) is 53.9 Å². The number of ketones is 1. The van der Waals surface area contributed by atoms with Crippen molar-refractivity contribution in [3.8, 4) is 0 Å². The lowest BCUT2D eigenvalue weighted by atomic mass is 10.0. The average Bonchev–Trinajstić information content (AvgIpc) is 3.37. The second-order valence-corrected chi connectivity index (χ2v) is 9.06. The van der Waals surface area contributed by atoms with Crippen LogP contribution in [-0.2, 0) is 11.2 Å². The molecular formula is C24H18Cl2N2O6S. The van der Waals surface area contributed by atoms with Crippen molar-refractivity contribution in [3.05, 3.63) is 91.1 Å². The number of amides is 2. The number of carbonyl (C=O) groups is 5. The van der Waals surface area contributed by atoms with Gasteiger partial charge in [-0.15, -0.1) is 11.3 Å². The number of benzene rings is 2. The van der Waals surface area contributed by atoms with Crippen molar-refractivity contribution in [3.63, 3.8) is 0 Å². The number of aldehydes is 1. The van der Waals surface area contributed by atoms with E-state index < -0.39 is 23.9 Å². The number of carbonyl (C=O) groups excluding carboxylic acids is 4. The van der Waals surface area contributed by atoms with E-state index in [1.54, 1.807) is 29.6 Å². The molecule has 0 unspecified atom stereocenters. The summed E-state index contributed by atoms with van der Waals surface area (Å²) < 4.78 is 0. The van der Waals surface area contributed by atoms with Crippen molar-refractivity contribution in [2.45, 2.75) is 19.0 Å². The Morgan fingerprint density at radius 2 is 1.66 bits per heavy atom. The van der Waals surface area contributed by atoms with Gasteiger partial charge in [0.1, 0.15) is 6.29 Å². The van der Waals surface area contributed by atoms with Crippen LogP contribution < -0.4 is 10.6 Å². The van der Waals surface area contributed by atoms with Gasteiger partial charge in [-0.3, -0.25) is 19.2 Å². The number of carboxylic acid groups (broad SMARTS) is 1. The lowest BCUT2D eigenvalue weighted by Gasteiger charge is -2.17. The highest BCUT2D eigenvalue weighted by Crippen LogP contribution is 2.27. The first-order valence-corrected chi connectivity index (χ1v) is 11.8. The topological polar surface area (TPSA) is 130 Å². The number of carboxylic acids is 1. The SMILES string of the molecule is O=Cc1cccc(C(=O)CCc2cc(Cl)c(C(=O)N[C@@H](NC(=O)c3cccs3)C(=O)O)c(Cl)c2)c1. The summed E-state index contributed by atoms with van der Waals surface area (Å²) in [5.41, 5.74) is 1.20. The zero-order valence-corrected chi connectivity index (χ0v) is 20.2. The Hall–Kier alpha value is -3.53. The van der Waals surface area contributed by atoms with Gasteiger partial charge in [-0.1, -0.05) is 47.5 Å². The van der Waals surface area contributed by atoms with Crippen LogP contribution in [0.25, 0.3) is 0 Å². The molecule has 0 aliphatic heterocycles. The smallest absolute Gasteiger partial charge is 0.347 e. The highest BCUT2D eigenvalue weighted by Gasteiger charge is 2.26. The largest absolute Gasteiger partial charge is 0.478 e. The van der Waals surface area contributed by atoms with Crippen LogP contribution in [-0.4, -0.2) is 41.1 Å². The Kier molecular flexibility index (Phi) is 8.75. The monoisotopic (exact) mass is 532 g/mol. The van der Waals surface area contributed by atoms with Crippen molar-refractivity contribution >= 4 is 64.4 Å². The van der Waals surface area contributed by atoms with Crippen molar-refractivity contribution in [2.24, 2.45) is 0 Å². The minimum Gasteiger partial charge on any atom is -0.478 e. The predicted molar refractivity (Wildman–Crippen MR) is 132 cm³/mol. The van der Waals surface area contributed by atoms with Crippen molar-refractivity contribution in [1.82, 2.24) is 10.6 Å². The van der Waals surface area contributed by atoms with Crippen LogP contribution in [0.3, 0.4) is 0 Å². The maximum atomic E-state index is 12.7. The number of hydrogen-bond donors (Lipinski definition) is 3. The minimum absolute atomic E-state index is 0.0471. The number of Topliss-reactive ketones (excluding diaryl/α,β-unsaturated/α-hetero) is 1. The first-order valence-electron chi connectivity index (χ1n) is 10.1. The van der Waals surface area contributed by atoms with Crippen LogP contribution in [0.5, 0.6) is 0 Å². The molecular weight excluding hydrogens is 515 g/mol. The van der Waals surface area contributed by atoms with Crippen molar-refractivity contribution in [1.29, 1.82) is 0 Å². The molecule has 11 heteroatoms. The predicted octanol–water partition coefficient (Wildman–Crippen LogP) is 4.25. The summed E-state index contributed by atoms with van der Waals surface area (Å²) in [7, 11) is 0. The van der Waals surface area contributed by atoms with E-state index in [1.807, 2.05) is 0 Å². The molecule has 35 heavy (non-hydrogen) atoms. The molecule has 2 aromatic carbocycles.